The van der Waals surface area contributed by atoms with Crippen molar-refractivity contribution in [3.05, 3.63) is 61.9 Å². The van der Waals surface area contributed by atoms with Crippen LogP contribution in [0.5, 0.6) is 5.75 Å². The number of aliphatic hydroxyl groups excluding tert-OH is 1. The molecular formula is C18H23B3FN2O8P. The van der Waals surface area contributed by atoms with Gasteiger partial charge in [-0.15, -0.1) is 0 Å². The smallest absolute Gasteiger partial charge is 0.403 e. The van der Waals surface area contributed by atoms with E-state index >= 15 is 4.39 Å². The molecule has 4 atom stereocenters. The van der Waals surface area contributed by atoms with Gasteiger partial charge in [0.15, 0.2) is 7.85 Å². The Balaban J connectivity index is 1.62. The van der Waals surface area contributed by atoms with Crippen LogP contribution in [0.25, 0.3) is 0 Å². The van der Waals surface area contributed by atoms with Crippen LogP contribution in [0.1, 0.15) is 23.1 Å². The molecule has 1 saturated heterocycles. The molecule has 174 valence electrons. The highest BCUT2D eigenvalue weighted by molar-refractivity contribution is 7.49. The van der Waals surface area contributed by atoms with E-state index in [-0.39, 0.29) is 6.61 Å². The van der Waals surface area contributed by atoms with Gasteiger partial charge in [0.25, 0.3) is 5.56 Å². The number of hydrogen-bond donors (Lipinski definition) is 2. The van der Waals surface area contributed by atoms with Crippen LogP contribution in [0, 0.1) is 13.8 Å². The van der Waals surface area contributed by atoms with Gasteiger partial charge in [-0.05, 0) is 19.4 Å². The number of phosphoric ester groups is 1. The van der Waals surface area contributed by atoms with Crippen LogP contribution in [-0.4, -0.2) is 55.6 Å². The van der Waals surface area contributed by atoms with E-state index < -0.39 is 48.5 Å². The quantitative estimate of drug-likeness (QED) is 0.402. The molecule has 1 unspecified atom stereocenters. The fourth-order valence-corrected chi connectivity index (χ4v) is 5.80. The van der Waals surface area contributed by atoms with Gasteiger partial charge in [0.2, 0.25) is 5.85 Å². The number of benzene rings is 1. The zero-order valence-corrected chi connectivity index (χ0v) is 19.8. The number of aromatic nitrogens is 2. The van der Waals surface area contributed by atoms with Crippen molar-refractivity contribution >= 4 is 31.4 Å². The normalized spacial score (nSPS) is 31.7. The van der Waals surface area contributed by atoms with Crippen LogP contribution in [-0.2, 0) is 30.6 Å². The molecule has 4 rings (SSSR count). The van der Waals surface area contributed by atoms with Crippen molar-refractivity contribution in [1.29, 1.82) is 0 Å². The largest absolute Gasteiger partial charge is 0.529 e. The number of ether oxygens (including phenoxy) is 1. The summed E-state index contributed by atoms with van der Waals surface area (Å²) in [6.45, 7) is 3.63. The van der Waals surface area contributed by atoms with Crippen LogP contribution in [0.2, 0.25) is 0 Å². The van der Waals surface area contributed by atoms with Gasteiger partial charge in [-0.3, -0.25) is 23.4 Å². The first-order valence-corrected chi connectivity index (χ1v) is 11.8. The first-order chi connectivity index (χ1) is 15.2. The van der Waals surface area contributed by atoms with E-state index in [2.05, 4.69) is 0 Å². The Labute approximate surface area is 191 Å². The van der Waals surface area contributed by atoms with Crippen molar-refractivity contribution in [3.8, 4) is 5.75 Å². The number of aromatic amines is 1. The lowest BCUT2D eigenvalue weighted by atomic mass is 9.60. The van der Waals surface area contributed by atoms with Gasteiger partial charge in [-0.2, -0.15) is 0 Å². The maximum atomic E-state index is 16.2. The highest BCUT2D eigenvalue weighted by Crippen LogP contribution is 2.59. The van der Waals surface area contributed by atoms with Crippen molar-refractivity contribution in [3.63, 3.8) is 0 Å². The molecule has 0 spiro atoms. The van der Waals surface area contributed by atoms with Crippen LogP contribution >= 0.6 is 7.82 Å². The number of fused-ring (bicyclic) bond motifs is 1. The third-order valence-corrected chi connectivity index (χ3v) is 7.59. The number of aliphatic hydroxyl groups is 1. The summed E-state index contributed by atoms with van der Waals surface area (Å²) in [5.74, 6) is -2.36. The highest BCUT2D eigenvalue weighted by Gasteiger charge is 2.63. The van der Waals surface area contributed by atoms with Crippen LogP contribution in [0.3, 0.4) is 0 Å². The molecule has 0 bridgehead atoms. The second-order valence-electron chi connectivity index (χ2n) is 9.07. The van der Waals surface area contributed by atoms with Gasteiger partial charge < -0.3 is 14.4 Å². The number of hydrogen-bond acceptors (Lipinski definition) is 8. The van der Waals surface area contributed by atoms with E-state index in [1.54, 1.807) is 6.92 Å². The fourth-order valence-electron chi connectivity index (χ4n) is 4.18. The molecule has 1 aromatic heterocycles. The van der Waals surface area contributed by atoms with Gasteiger partial charge in [0.1, 0.15) is 27.1 Å². The molecule has 3 heterocycles. The SMILES string of the molecule is BC(B)(OP1(=O)OCc2cc(C)cc(C)c2O1)[C@]1(F)C[C@@H](O)[C@](B)(n2ccc(=O)[nH]c2=O)O1. The van der Waals surface area contributed by atoms with Crippen LogP contribution in [0.4, 0.5) is 4.39 Å². The van der Waals surface area contributed by atoms with Gasteiger partial charge in [0, 0.05) is 24.2 Å². The van der Waals surface area contributed by atoms with Crippen molar-refractivity contribution in [1.82, 2.24) is 9.55 Å². The molecule has 10 nitrogen and oxygen atoms in total. The molecule has 33 heavy (non-hydrogen) atoms. The summed E-state index contributed by atoms with van der Waals surface area (Å²) in [7, 11) is -0.408. The molecule has 2 aromatic rings. The van der Waals surface area contributed by atoms with E-state index in [0.717, 1.165) is 28.0 Å². The molecule has 1 fully saturated rings. The minimum Gasteiger partial charge on any atom is -0.403 e. The van der Waals surface area contributed by atoms with E-state index in [1.165, 1.54) is 23.5 Å². The average Bonchev–Trinajstić information content (AvgIpc) is 2.92. The summed E-state index contributed by atoms with van der Waals surface area (Å²) >= 11 is 0. The van der Waals surface area contributed by atoms with Crippen molar-refractivity contribution < 1.29 is 32.4 Å². The molecule has 0 aliphatic carbocycles. The van der Waals surface area contributed by atoms with E-state index in [0.29, 0.717) is 11.3 Å². The number of nitrogens with zero attached hydrogens (tertiary/aromatic N) is 1. The maximum absolute atomic E-state index is 16.2. The van der Waals surface area contributed by atoms with Crippen molar-refractivity contribution in [2.75, 3.05) is 0 Å². The molecule has 1 aromatic carbocycles. The molecule has 0 amide bonds. The number of halogens is 1. The number of H-pyrrole nitrogens is 1. The Hall–Kier alpha value is -2.11. The maximum Gasteiger partial charge on any atom is 0.529 e. The topological polar surface area (TPSA) is 129 Å². The first kappa shape index (κ1) is 24.0. The zero-order chi connectivity index (χ0) is 24.4. The van der Waals surface area contributed by atoms with Crippen molar-refractivity contribution in [2.24, 2.45) is 0 Å². The molecule has 0 saturated carbocycles. The lowest BCUT2D eigenvalue weighted by Crippen LogP contribution is -2.56. The Kier molecular flexibility index (Phi) is 5.62. The molecule has 2 aliphatic heterocycles. The lowest BCUT2D eigenvalue weighted by Gasteiger charge is -2.41. The molecule has 0 radical (unpaired) electrons. The molecule has 15 heteroatoms. The Morgan fingerprint density at radius 1 is 1.36 bits per heavy atom. The standard InChI is InChI=1S/C18H23B3FN2O8P/c1-9-5-10(2)14-11(6-9)8-29-33(28,30-14)32-18(20,21)16(22)7-12(25)17(19,31-16)24-4-3-13(26)23-15(24)27/h3-6,12,25H,7-8,19-21H2,1-2H3,(H,23,26,27)/t12-,16+,17+,33?/m1/s1. The predicted molar refractivity (Wildman–Crippen MR) is 123 cm³/mol. The number of nitrogens with one attached hydrogen (secondary N) is 1. The van der Waals surface area contributed by atoms with Crippen LogP contribution in [0.15, 0.2) is 34.0 Å². The number of alkyl halides is 1. The summed E-state index contributed by atoms with van der Waals surface area (Å²) in [4.78, 5) is 25.7. The average molecular weight is 478 g/mol. The van der Waals surface area contributed by atoms with Gasteiger partial charge >= 0.3 is 13.5 Å². The van der Waals surface area contributed by atoms with Gasteiger partial charge in [-0.25, -0.2) is 13.8 Å². The highest BCUT2D eigenvalue weighted by atomic mass is 31.2. The molecule has 2 aliphatic rings. The minimum atomic E-state index is -4.27. The molecular weight excluding hydrogens is 455 g/mol. The van der Waals surface area contributed by atoms with Gasteiger partial charge in [-0.1, -0.05) is 17.7 Å². The fraction of sp³-hybridized carbons (Fsp3) is 0.444. The predicted octanol–water partition coefficient (Wildman–Crippen LogP) is -1.50. The number of aryl methyl sites for hydroxylation is 2. The summed E-state index contributed by atoms with van der Waals surface area (Å²) in [5, 5.41) is 8.71. The van der Waals surface area contributed by atoms with E-state index in [9.17, 15) is 19.3 Å². The third kappa shape index (κ3) is 4.04. The summed E-state index contributed by atoms with van der Waals surface area (Å²) in [5.41, 5.74) is -1.03. The zero-order valence-electron chi connectivity index (χ0n) is 18.9. The van der Waals surface area contributed by atoms with Crippen molar-refractivity contribution in [2.45, 2.75) is 49.9 Å². The Bertz CT molecular complexity index is 1290. The second kappa shape index (κ2) is 7.71. The number of phosphoric acid groups is 1. The second-order valence-corrected chi connectivity index (χ2v) is 10.6. The minimum absolute atomic E-state index is 0.0571. The third-order valence-electron chi connectivity index (χ3n) is 6.06. The lowest BCUT2D eigenvalue weighted by molar-refractivity contribution is -0.219. The Morgan fingerprint density at radius 2 is 2.06 bits per heavy atom. The summed E-state index contributed by atoms with van der Waals surface area (Å²) in [6.07, 6.45) is -1.02. The van der Waals surface area contributed by atoms with E-state index in [4.69, 9.17) is 18.3 Å². The Morgan fingerprint density at radius 3 is 2.73 bits per heavy atom. The number of rotatable bonds is 4. The van der Waals surface area contributed by atoms with Gasteiger partial charge in [0.05, 0.1) is 18.1 Å². The monoisotopic (exact) mass is 478 g/mol. The summed E-state index contributed by atoms with van der Waals surface area (Å²) < 4.78 is 52.5. The summed E-state index contributed by atoms with van der Waals surface area (Å²) in [6, 6.07) is 4.73. The first-order valence-electron chi connectivity index (χ1n) is 10.3. The van der Waals surface area contributed by atoms with Crippen LogP contribution < -0.4 is 15.8 Å². The van der Waals surface area contributed by atoms with E-state index in [1.807, 2.05) is 24.0 Å². The molecule has 2 N–H and O–H groups in total.